The van der Waals surface area contributed by atoms with Gasteiger partial charge in [0.25, 0.3) is 0 Å². The van der Waals surface area contributed by atoms with E-state index in [9.17, 15) is 4.79 Å². The van der Waals surface area contributed by atoms with Crippen molar-refractivity contribution in [2.24, 2.45) is 23.2 Å². The average Bonchev–Trinajstić information content (AvgIpc) is 2.93. The molecule has 0 aromatic heterocycles. The Labute approximate surface area is 86.3 Å². The molecule has 0 aliphatic heterocycles. The zero-order valence-electron chi connectivity index (χ0n) is 8.87. The third kappa shape index (κ3) is 1.04. The van der Waals surface area contributed by atoms with Crippen molar-refractivity contribution in [3.8, 4) is 0 Å². The maximum absolute atomic E-state index is 11.5. The van der Waals surface area contributed by atoms with Gasteiger partial charge in [-0.1, -0.05) is 19.3 Å². The number of carbonyl (C=O) groups is 1. The number of hydrogen-bond donors (Lipinski definition) is 0. The SMILES string of the molecule is O=CC1(C2CCCC2)CC2CCC1C2. The molecule has 3 rings (SSSR count). The van der Waals surface area contributed by atoms with E-state index < -0.39 is 0 Å². The van der Waals surface area contributed by atoms with Crippen molar-refractivity contribution in [1.29, 1.82) is 0 Å². The summed E-state index contributed by atoms with van der Waals surface area (Å²) in [5.41, 5.74) is 0.152. The van der Waals surface area contributed by atoms with Crippen LogP contribution < -0.4 is 0 Å². The summed E-state index contributed by atoms with van der Waals surface area (Å²) in [7, 11) is 0. The van der Waals surface area contributed by atoms with Gasteiger partial charge in [0.15, 0.2) is 0 Å². The molecule has 78 valence electrons. The minimum atomic E-state index is 0.152. The summed E-state index contributed by atoms with van der Waals surface area (Å²) in [6.07, 6.45) is 12.2. The molecule has 0 N–H and O–H groups in total. The molecule has 0 amide bonds. The molecular weight excluding hydrogens is 172 g/mol. The Bertz CT molecular complexity index is 242. The van der Waals surface area contributed by atoms with Crippen LogP contribution >= 0.6 is 0 Å². The second-order valence-corrected chi connectivity index (χ2v) is 5.79. The molecule has 14 heavy (non-hydrogen) atoms. The van der Waals surface area contributed by atoms with Crippen molar-refractivity contribution >= 4 is 6.29 Å². The fourth-order valence-corrected chi connectivity index (χ4v) is 4.62. The predicted octanol–water partition coefficient (Wildman–Crippen LogP) is 3.18. The summed E-state index contributed by atoms with van der Waals surface area (Å²) < 4.78 is 0. The second-order valence-electron chi connectivity index (χ2n) is 5.79. The van der Waals surface area contributed by atoms with Gasteiger partial charge in [0.05, 0.1) is 0 Å². The average molecular weight is 192 g/mol. The van der Waals surface area contributed by atoms with E-state index in [0.29, 0.717) is 0 Å². The Morgan fingerprint density at radius 3 is 2.29 bits per heavy atom. The highest BCUT2D eigenvalue weighted by Crippen LogP contribution is 2.60. The minimum Gasteiger partial charge on any atom is -0.303 e. The molecule has 3 unspecified atom stereocenters. The van der Waals surface area contributed by atoms with E-state index in [-0.39, 0.29) is 5.41 Å². The standard InChI is InChI=1S/C13H20O/c14-9-13(11-3-1-2-4-11)8-10-5-6-12(13)7-10/h9-12H,1-8H2. The zero-order chi connectivity index (χ0) is 9.60. The first kappa shape index (κ1) is 8.94. The maximum Gasteiger partial charge on any atom is 0.126 e. The first-order valence-electron chi connectivity index (χ1n) is 6.31. The highest BCUT2D eigenvalue weighted by Gasteiger charge is 2.54. The van der Waals surface area contributed by atoms with Crippen molar-refractivity contribution in [1.82, 2.24) is 0 Å². The highest BCUT2D eigenvalue weighted by atomic mass is 16.1. The summed E-state index contributed by atoms with van der Waals surface area (Å²) >= 11 is 0. The van der Waals surface area contributed by atoms with Crippen LogP contribution in [0, 0.1) is 23.2 Å². The van der Waals surface area contributed by atoms with E-state index in [2.05, 4.69) is 0 Å². The molecule has 0 heterocycles. The topological polar surface area (TPSA) is 17.1 Å². The number of carbonyl (C=O) groups excluding carboxylic acids is 1. The molecule has 0 aromatic carbocycles. The Kier molecular flexibility index (Phi) is 1.97. The van der Waals surface area contributed by atoms with Gasteiger partial charge >= 0.3 is 0 Å². The van der Waals surface area contributed by atoms with Gasteiger partial charge in [-0.05, 0) is 49.9 Å². The van der Waals surface area contributed by atoms with Crippen molar-refractivity contribution in [2.45, 2.75) is 51.4 Å². The summed E-state index contributed by atoms with van der Waals surface area (Å²) in [4.78, 5) is 11.5. The Balaban J connectivity index is 1.87. The number of hydrogen-bond acceptors (Lipinski definition) is 1. The molecule has 3 aliphatic rings. The smallest absolute Gasteiger partial charge is 0.126 e. The molecule has 1 nitrogen and oxygen atoms in total. The largest absolute Gasteiger partial charge is 0.303 e. The van der Waals surface area contributed by atoms with Crippen LogP contribution in [-0.2, 0) is 4.79 Å². The first-order chi connectivity index (χ1) is 6.85. The maximum atomic E-state index is 11.5. The molecule has 3 aliphatic carbocycles. The van der Waals surface area contributed by atoms with Crippen LogP contribution in [0.1, 0.15) is 51.4 Å². The molecule has 0 spiro atoms. The fraction of sp³-hybridized carbons (Fsp3) is 0.923. The number of rotatable bonds is 2. The van der Waals surface area contributed by atoms with Crippen LogP contribution in [0.15, 0.2) is 0 Å². The van der Waals surface area contributed by atoms with Crippen molar-refractivity contribution in [3.63, 3.8) is 0 Å². The molecule has 3 saturated carbocycles. The summed E-state index contributed by atoms with van der Waals surface area (Å²) in [5.74, 6) is 2.44. The quantitative estimate of drug-likeness (QED) is 0.614. The van der Waals surface area contributed by atoms with Gasteiger partial charge in [-0.2, -0.15) is 0 Å². The lowest BCUT2D eigenvalue weighted by Crippen LogP contribution is -2.36. The van der Waals surface area contributed by atoms with E-state index in [0.717, 1.165) is 17.8 Å². The Hall–Kier alpha value is -0.330. The lowest BCUT2D eigenvalue weighted by molar-refractivity contribution is -0.122. The molecule has 2 bridgehead atoms. The number of aldehydes is 1. The third-order valence-corrected chi connectivity index (χ3v) is 5.28. The van der Waals surface area contributed by atoms with E-state index >= 15 is 0 Å². The number of fused-ring (bicyclic) bond motifs is 2. The van der Waals surface area contributed by atoms with Crippen molar-refractivity contribution < 1.29 is 4.79 Å². The van der Waals surface area contributed by atoms with Gasteiger partial charge < -0.3 is 4.79 Å². The van der Waals surface area contributed by atoms with Crippen molar-refractivity contribution in [2.75, 3.05) is 0 Å². The van der Waals surface area contributed by atoms with Gasteiger partial charge in [0, 0.05) is 5.41 Å². The molecular formula is C13H20O. The van der Waals surface area contributed by atoms with Crippen LogP contribution in [0.25, 0.3) is 0 Å². The molecule has 0 radical (unpaired) electrons. The monoisotopic (exact) mass is 192 g/mol. The van der Waals surface area contributed by atoms with Crippen LogP contribution in [-0.4, -0.2) is 6.29 Å². The summed E-state index contributed by atoms with van der Waals surface area (Å²) in [6.45, 7) is 0. The fourth-order valence-electron chi connectivity index (χ4n) is 4.62. The van der Waals surface area contributed by atoms with Crippen LogP contribution in [0.3, 0.4) is 0 Å². The summed E-state index contributed by atoms with van der Waals surface area (Å²) in [5, 5.41) is 0. The molecule has 3 fully saturated rings. The lowest BCUT2D eigenvalue weighted by Gasteiger charge is -2.38. The molecule has 3 atom stereocenters. The lowest BCUT2D eigenvalue weighted by atomic mass is 9.65. The third-order valence-electron chi connectivity index (χ3n) is 5.28. The highest BCUT2D eigenvalue weighted by molar-refractivity contribution is 5.62. The van der Waals surface area contributed by atoms with Crippen LogP contribution in [0.5, 0.6) is 0 Å². The summed E-state index contributed by atoms with van der Waals surface area (Å²) in [6, 6.07) is 0. The van der Waals surface area contributed by atoms with Gasteiger partial charge in [-0.15, -0.1) is 0 Å². The Morgan fingerprint density at radius 1 is 1.00 bits per heavy atom. The van der Waals surface area contributed by atoms with E-state index in [1.807, 2.05) is 0 Å². The van der Waals surface area contributed by atoms with E-state index in [1.54, 1.807) is 0 Å². The first-order valence-corrected chi connectivity index (χ1v) is 6.31. The zero-order valence-corrected chi connectivity index (χ0v) is 8.87. The normalized spacial score (nSPS) is 47.4. The second kappa shape index (κ2) is 3.08. The molecule has 1 heteroatoms. The van der Waals surface area contributed by atoms with E-state index in [4.69, 9.17) is 0 Å². The predicted molar refractivity (Wildman–Crippen MR) is 55.9 cm³/mol. The Morgan fingerprint density at radius 2 is 1.79 bits per heavy atom. The van der Waals surface area contributed by atoms with E-state index in [1.165, 1.54) is 57.7 Å². The van der Waals surface area contributed by atoms with Gasteiger partial charge in [-0.25, -0.2) is 0 Å². The van der Waals surface area contributed by atoms with Gasteiger partial charge in [-0.3, -0.25) is 0 Å². The minimum absolute atomic E-state index is 0.152. The van der Waals surface area contributed by atoms with Crippen LogP contribution in [0.4, 0.5) is 0 Å². The van der Waals surface area contributed by atoms with Crippen LogP contribution in [0.2, 0.25) is 0 Å². The van der Waals surface area contributed by atoms with Gasteiger partial charge in [0.2, 0.25) is 0 Å². The van der Waals surface area contributed by atoms with Crippen molar-refractivity contribution in [3.05, 3.63) is 0 Å². The molecule has 0 aromatic rings. The van der Waals surface area contributed by atoms with Gasteiger partial charge in [0.1, 0.15) is 6.29 Å². The molecule has 0 saturated heterocycles.